The molecule has 4 nitrogen and oxygen atoms in total. The van der Waals surface area contributed by atoms with Gasteiger partial charge >= 0.3 is 5.97 Å². The Bertz CT molecular complexity index is 367. The second-order valence-corrected chi connectivity index (χ2v) is 4.59. The summed E-state index contributed by atoms with van der Waals surface area (Å²) in [5.74, 6) is -0.594. The van der Waals surface area contributed by atoms with Crippen molar-refractivity contribution in [3.05, 3.63) is 35.9 Å². The lowest BCUT2D eigenvalue weighted by Crippen LogP contribution is -2.33. The standard InChI is InChI=1S/C15H23NO3/c1-3-7-13(17)10-16-11-14(15(18)19-2)12-8-5-4-6-9-12/h4-6,8-9,13-14,16-17H,3,7,10-11H2,1-2H3. The first-order valence-corrected chi connectivity index (χ1v) is 6.70. The number of carbonyl (C=O) groups is 1. The molecule has 0 radical (unpaired) electrons. The summed E-state index contributed by atoms with van der Waals surface area (Å²) in [5, 5.41) is 12.8. The molecule has 0 bridgehead atoms. The minimum atomic E-state index is -0.362. The third kappa shape index (κ3) is 5.41. The molecule has 0 aliphatic carbocycles. The van der Waals surface area contributed by atoms with E-state index in [1.54, 1.807) is 0 Å². The highest BCUT2D eigenvalue weighted by molar-refractivity contribution is 5.78. The Morgan fingerprint density at radius 3 is 2.58 bits per heavy atom. The van der Waals surface area contributed by atoms with Crippen LogP contribution in [0.15, 0.2) is 30.3 Å². The first-order chi connectivity index (χ1) is 9.19. The van der Waals surface area contributed by atoms with Gasteiger partial charge < -0.3 is 15.2 Å². The lowest BCUT2D eigenvalue weighted by molar-refractivity contribution is -0.142. The normalized spacial score (nSPS) is 13.8. The van der Waals surface area contributed by atoms with E-state index in [-0.39, 0.29) is 18.0 Å². The third-order valence-electron chi connectivity index (χ3n) is 3.04. The molecule has 2 atom stereocenters. The number of ether oxygens (including phenoxy) is 1. The molecule has 0 aliphatic rings. The molecule has 0 saturated heterocycles. The average molecular weight is 265 g/mol. The fraction of sp³-hybridized carbons (Fsp3) is 0.533. The molecule has 106 valence electrons. The smallest absolute Gasteiger partial charge is 0.314 e. The second kappa shape index (κ2) is 8.67. The third-order valence-corrected chi connectivity index (χ3v) is 3.04. The SMILES string of the molecule is CCCC(O)CNCC(C(=O)OC)c1ccccc1. The highest BCUT2D eigenvalue weighted by atomic mass is 16.5. The van der Waals surface area contributed by atoms with Crippen molar-refractivity contribution in [2.75, 3.05) is 20.2 Å². The predicted octanol–water partition coefficient (Wildman–Crippen LogP) is 1.69. The van der Waals surface area contributed by atoms with Crippen LogP contribution in [0.5, 0.6) is 0 Å². The van der Waals surface area contributed by atoms with Gasteiger partial charge in [-0.1, -0.05) is 43.7 Å². The van der Waals surface area contributed by atoms with Crippen molar-refractivity contribution in [1.29, 1.82) is 0 Å². The molecule has 0 aliphatic heterocycles. The van der Waals surface area contributed by atoms with E-state index in [1.807, 2.05) is 37.3 Å². The number of rotatable bonds is 8. The Labute approximate surface area is 114 Å². The number of aliphatic hydroxyl groups excluding tert-OH is 1. The van der Waals surface area contributed by atoms with Gasteiger partial charge in [-0.3, -0.25) is 4.79 Å². The van der Waals surface area contributed by atoms with E-state index in [4.69, 9.17) is 4.74 Å². The second-order valence-electron chi connectivity index (χ2n) is 4.59. The summed E-state index contributed by atoms with van der Waals surface area (Å²) in [6.45, 7) is 3.00. The van der Waals surface area contributed by atoms with Crippen LogP contribution in [0.1, 0.15) is 31.2 Å². The first kappa shape index (κ1) is 15.7. The molecule has 0 aromatic heterocycles. The minimum Gasteiger partial charge on any atom is -0.469 e. The maximum Gasteiger partial charge on any atom is 0.314 e. The molecule has 2 unspecified atom stereocenters. The Balaban J connectivity index is 2.55. The fourth-order valence-corrected chi connectivity index (χ4v) is 1.99. The number of hydrogen-bond acceptors (Lipinski definition) is 4. The summed E-state index contributed by atoms with van der Waals surface area (Å²) in [6.07, 6.45) is 1.35. The largest absolute Gasteiger partial charge is 0.469 e. The zero-order chi connectivity index (χ0) is 14.1. The summed E-state index contributed by atoms with van der Waals surface area (Å²) >= 11 is 0. The molecule has 2 N–H and O–H groups in total. The van der Waals surface area contributed by atoms with Gasteiger partial charge in [0.05, 0.1) is 19.1 Å². The van der Waals surface area contributed by atoms with Gasteiger partial charge in [0.15, 0.2) is 0 Å². The molecule has 0 spiro atoms. The maximum atomic E-state index is 11.8. The minimum absolute atomic E-state index is 0.260. The lowest BCUT2D eigenvalue weighted by atomic mass is 9.99. The van der Waals surface area contributed by atoms with Crippen LogP contribution in [-0.2, 0) is 9.53 Å². The van der Waals surface area contributed by atoms with Crippen molar-refractivity contribution in [2.24, 2.45) is 0 Å². The van der Waals surface area contributed by atoms with Gasteiger partial charge in [-0.2, -0.15) is 0 Å². The Kier molecular flexibility index (Phi) is 7.15. The van der Waals surface area contributed by atoms with Crippen molar-refractivity contribution in [3.63, 3.8) is 0 Å². The van der Waals surface area contributed by atoms with Crippen molar-refractivity contribution in [2.45, 2.75) is 31.8 Å². The molecule has 1 aromatic carbocycles. The van der Waals surface area contributed by atoms with Crippen LogP contribution in [0.2, 0.25) is 0 Å². The zero-order valence-corrected chi connectivity index (χ0v) is 11.6. The molecule has 0 amide bonds. The summed E-state index contributed by atoms with van der Waals surface area (Å²) in [4.78, 5) is 11.8. The van der Waals surface area contributed by atoms with Crippen molar-refractivity contribution >= 4 is 5.97 Å². The Morgan fingerprint density at radius 1 is 1.32 bits per heavy atom. The number of aliphatic hydroxyl groups is 1. The molecule has 19 heavy (non-hydrogen) atoms. The van der Waals surface area contributed by atoms with Crippen molar-refractivity contribution < 1.29 is 14.6 Å². The summed E-state index contributed by atoms with van der Waals surface area (Å²) in [7, 11) is 1.39. The Morgan fingerprint density at radius 2 is 2.00 bits per heavy atom. The lowest BCUT2D eigenvalue weighted by Gasteiger charge is -2.17. The van der Waals surface area contributed by atoms with Gasteiger partial charge in [0.1, 0.15) is 0 Å². The quantitative estimate of drug-likeness (QED) is 0.702. The molecule has 0 saturated carbocycles. The molecule has 1 aromatic rings. The summed E-state index contributed by atoms with van der Waals surface area (Å²) < 4.78 is 4.83. The van der Waals surface area contributed by atoms with E-state index in [0.717, 1.165) is 18.4 Å². The van der Waals surface area contributed by atoms with E-state index < -0.39 is 0 Å². The van der Waals surface area contributed by atoms with Crippen LogP contribution in [-0.4, -0.2) is 37.4 Å². The van der Waals surface area contributed by atoms with Gasteiger partial charge in [0.25, 0.3) is 0 Å². The van der Waals surface area contributed by atoms with Gasteiger partial charge in [-0.15, -0.1) is 0 Å². The Hall–Kier alpha value is -1.39. The fourth-order valence-electron chi connectivity index (χ4n) is 1.99. The van der Waals surface area contributed by atoms with Crippen LogP contribution in [0.25, 0.3) is 0 Å². The molecule has 1 rings (SSSR count). The van der Waals surface area contributed by atoms with E-state index in [1.165, 1.54) is 7.11 Å². The molecular formula is C15H23NO3. The topological polar surface area (TPSA) is 58.6 Å². The number of esters is 1. The van der Waals surface area contributed by atoms with Crippen LogP contribution < -0.4 is 5.32 Å². The van der Waals surface area contributed by atoms with Gasteiger partial charge in [0.2, 0.25) is 0 Å². The molecular weight excluding hydrogens is 242 g/mol. The number of methoxy groups -OCH3 is 1. The zero-order valence-electron chi connectivity index (χ0n) is 11.6. The maximum absolute atomic E-state index is 11.8. The average Bonchev–Trinajstić information content (AvgIpc) is 2.44. The van der Waals surface area contributed by atoms with Crippen LogP contribution in [0.3, 0.4) is 0 Å². The number of carbonyl (C=O) groups excluding carboxylic acids is 1. The number of hydrogen-bond donors (Lipinski definition) is 2. The van der Waals surface area contributed by atoms with E-state index in [0.29, 0.717) is 13.1 Å². The van der Waals surface area contributed by atoms with Crippen LogP contribution >= 0.6 is 0 Å². The molecule has 0 heterocycles. The number of benzene rings is 1. The summed E-state index contributed by atoms with van der Waals surface area (Å²) in [5.41, 5.74) is 0.923. The predicted molar refractivity (Wildman–Crippen MR) is 75.0 cm³/mol. The van der Waals surface area contributed by atoms with E-state index in [2.05, 4.69) is 5.32 Å². The van der Waals surface area contributed by atoms with Gasteiger partial charge in [-0.25, -0.2) is 0 Å². The van der Waals surface area contributed by atoms with Crippen molar-refractivity contribution in [1.82, 2.24) is 5.32 Å². The van der Waals surface area contributed by atoms with Crippen molar-refractivity contribution in [3.8, 4) is 0 Å². The number of nitrogens with one attached hydrogen (secondary N) is 1. The van der Waals surface area contributed by atoms with Crippen LogP contribution in [0, 0.1) is 0 Å². The first-order valence-electron chi connectivity index (χ1n) is 6.70. The van der Waals surface area contributed by atoms with Gasteiger partial charge in [0, 0.05) is 13.1 Å². The van der Waals surface area contributed by atoms with E-state index in [9.17, 15) is 9.90 Å². The van der Waals surface area contributed by atoms with Crippen LogP contribution in [0.4, 0.5) is 0 Å². The van der Waals surface area contributed by atoms with Gasteiger partial charge in [-0.05, 0) is 12.0 Å². The molecule has 0 fully saturated rings. The summed E-state index contributed by atoms with van der Waals surface area (Å²) in [6, 6.07) is 9.53. The monoisotopic (exact) mass is 265 g/mol. The van der Waals surface area contributed by atoms with E-state index >= 15 is 0 Å². The highest BCUT2D eigenvalue weighted by Crippen LogP contribution is 2.16. The molecule has 4 heteroatoms. The highest BCUT2D eigenvalue weighted by Gasteiger charge is 2.20.